The fourth-order valence-electron chi connectivity index (χ4n) is 5.22. The van der Waals surface area contributed by atoms with Gasteiger partial charge in [-0.25, -0.2) is 0 Å². The second-order valence-electron chi connectivity index (χ2n) is 9.56. The maximum atomic E-state index is 10.9. The topological polar surface area (TPSA) is 69.9 Å². The molecule has 0 atom stereocenters. The third-order valence-electron chi connectivity index (χ3n) is 7.07. The second-order valence-corrected chi connectivity index (χ2v) is 9.56. The lowest BCUT2D eigenvalue weighted by Gasteiger charge is -2.28. The van der Waals surface area contributed by atoms with Gasteiger partial charge >= 0.3 is 0 Å². The van der Waals surface area contributed by atoms with E-state index in [1.165, 1.54) is 0 Å². The van der Waals surface area contributed by atoms with Crippen molar-refractivity contribution >= 4 is 0 Å². The predicted octanol–water partition coefficient (Wildman–Crippen LogP) is 7.52. The molecule has 0 aliphatic carbocycles. The van der Waals surface area contributed by atoms with Crippen LogP contribution in [0.25, 0.3) is 0 Å². The van der Waals surface area contributed by atoms with Crippen LogP contribution in [0.3, 0.4) is 0 Å². The molecule has 0 spiro atoms. The van der Waals surface area contributed by atoms with Gasteiger partial charge in [-0.15, -0.1) is 0 Å². The van der Waals surface area contributed by atoms with E-state index in [9.17, 15) is 15.3 Å². The number of phenolic OH excluding ortho intramolecular Hbond substituents is 3. The van der Waals surface area contributed by atoms with Gasteiger partial charge in [-0.3, -0.25) is 0 Å². The fourth-order valence-corrected chi connectivity index (χ4v) is 5.22. The molecule has 3 rings (SSSR count). The third-order valence-corrected chi connectivity index (χ3v) is 7.07. The first-order valence-electron chi connectivity index (χ1n) is 12.8. The molecule has 3 aromatic carbocycles. The monoisotopic (exact) mass is 476 g/mol. The maximum Gasteiger partial charge on any atom is 0.161 e. The molecule has 0 aliphatic rings. The van der Waals surface area contributed by atoms with Crippen LogP contribution in [0.15, 0.2) is 30.3 Å². The minimum Gasteiger partial charge on any atom is -0.507 e. The molecule has 0 radical (unpaired) electrons. The Morgan fingerprint density at radius 1 is 0.714 bits per heavy atom. The highest BCUT2D eigenvalue weighted by atomic mass is 16.5. The Balaban J connectivity index is 2.41. The molecule has 0 heterocycles. The third kappa shape index (κ3) is 5.12. The molecule has 0 aliphatic heterocycles. The molecule has 0 saturated heterocycles. The summed E-state index contributed by atoms with van der Waals surface area (Å²) in [6.45, 7) is 14.7. The van der Waals surface area contributed by atoms with Gasteiger partial charge in [-0.05, 0) is 110 Å². The zero-order valence-corrected chi connectivity index (χ0v) is 22.2. The van der Waals surface area contributed by atoms with Crippen LogP contribution in [0.1, 0.15) is 89.6 Å². The van der Waals surface area contributed by atoms with E-state index in [1.807, 2.05) is 32.9 Å². The second kappa shape index (κ2) is 11.1. The van der Waals surface area contributed by atoms with Crippen LogP contribution in [0.2, 0.25) is 0 Å². The standard InChI is InChI=1S/C31H40O4/c1-8-11-23-20(6)25(15-18(4)30(23)33)29(22-13-14-27(32)28(17-22)35-10-3)26-16-19(5)31(34)24(12-9-2)21(26)7/h13-17,29,32-34H,8-12H2,1-7H3. The number of hydrogen-bond donors (Lipinski definition) is 3. The van der Waals surface area contributed by atoms with Gasteiger partial charge in [0.15, 0.2) is 11.5 Å². The van der Waals surface area contributed by atoms with Crippen LogP contribution in [0.5, 0.6) is 23.0 Å². The first kappa shape index (κ1) is 26.5. The molecule has 3 N–H and O–H groups in total. The van der Waals surface area contributed by atoms with Crippen LogP contribution < -0.4 is 4.74 Å². The lowest BCUT2D eigenvalue weighted by molar-refractivity contribution is 0.317. The number of phenols is 3. The zero-order chi connectivity index (χ0) is 25.9. The zero-order valence-electron chi connectivity index (χ0n) is 22.2. The number of aryl methyl sites for hydroxylation is 2. The molecule has 0 unspecified atom stereocenters. The molecule has 188 valence electrons. The van der Waals surface area contributed by atoms with Crippen molar-refractivity contribution in [1.29, 1.82) is 0 Å². The Bertz CT molecular complexity index is 1140. The van der Waals surface area contributed by atoms with Crippen molar-refractivity contribution in [1.82, 2.24) is 0 Å². The minimum atomic E-state index is -0.153. The minimum absolute atomic E-state index is 0.116. The molecule has 0 saturated carbocycles. The van der Waals surface area contributed by atoms with E-state index in [0.29, 0.717) is 23.9 Å². The predicted molar refractivity (Wildman–Crippen MR) is 143 cm³/mol. The van der Waals surface area contributed by atoms with Gasteiger partial charge in [0.05, 0.1) is 6.61 Å². The van der Waals surface area contributed by atoms with E-state index in [2.05, 4.69) is 39.8 Å². The van der Waals surface area contributed by atoms with E-state index in [-0.39, 0.29) is 11.7 Å². The van der Waals surface area contributed by atoms with E-state index in [4.69, 9.17) is 4.74 Å². The van der Waals surface area contributed by atoms with Crippen LogP contribution in [-0.2, 0) is 12.8 Å². The molecule has 0 bridgehead atoms. The van der Waals surface area contributed by atoms with Crippen molar-refractivity contribution in [2.24, 2.45) is 0 Å². The van der Waals surface area contributed by atoms with Crippen LogP contribution in [0.4, 0.5) is 0 Å². The number of ether oxygens (including phenoxy) is 1. The van der Waals surface area contributed by atoms with Crippen molar-refractivity contribution in [3.8, 4) is 23.0 Å². The van der Waals surface area contributed by atoms with Crippen molar-refractivity contribution in [2.75, 3.05) is 6.61 Å². The Morgan fingerprint density at radius 2 is 1.20 bits per heavy atom. The molecule has 4 heteroatoms. The molecule has 4 nitrogen and oxygen atoms in total. The maximum absolute atomic E-state index is 10.9. The highest BCUT2D eigenvalue weighted by Crippen LogP contribution is 2.44. The molecule has 3 aromatic rings. The first-order chi connectivity index (χ1) is 16.7. The Labute approximate surface area is 210 Å². The molecule has 0 amide bonds. The summed E-state index contributed by atoms with van der Waals surface area (Å²) in [5.41, 5.74) is 9.06. The van der Waals surface area contributed by atoms with Crippen molar-refractivity contribution < 1.29 is 20.1 Å². The van der Waals surface area contributed by atoms with E-state index >= 15 is 0 Å². The summed E-state index contributed by atoms with van der Waals surface area (Å²) < 4.78 is 5.74. The van der Waals surface area contributed by atoms with Crippen molar-refractivity contribution in [3.05, 3.63) is 80.4 Å². The lowest BCUT2D eigenvalue weighted by Crippen LogP contribution is -2.12. The molecular formula is C31H40O4. The van der Waals surface area contributed by atoms with Gasteiger partial charge in [0.2, 0.25) is 0 Å². The number of aromatic hydroxyl groups is 3. The number of rotatable bonds is 9. The van der Waals surface area contributed by atoms with Gasteiger partial charge in [0, 0.05) is 5.92 Å². The van der Waals surface area contributed by atoms with Gasteiger partial charge in [-0.2, -0.15) is 0 Å². The van der Waals surface area contributed by atoms with Crippen molar-refractivity contribution in [3.63, 3.8) is 0 Å². The summed E-state index contributed by atoms with van der Waals surface area (Å²) in [6, 6.07) is 9.74. The molecule has 0 fully saturated rings. The SMILES string of the molecule is CCCc1c(C)c(C(c2ccc(O)c(OCC)c2)c2cc(C)c(O)c(CCC)c2C)cc(C)c1O. The van der Waals surface area contributed by atoms with E-state index in [1.54, 1.807) is 6.07 Å². The molecular weight excluding hydrogens is 436 g/mol. The highest BCUT2D eigenvalue weighted by molar-refractivity contribution is 5.60. The average Bonchev–Trinajstić information content (AvgIpc) is 2.83. The smallest absolute Gasteiger partial charge is 0.161 e. The van der Waals surface area contributed by atoms with Crippen LogP contribution in [0, 0.1) is 27.7 Å². The van der Waals surface area contributed by atoms with E-state index in [0.717, 1.165) is 75.8 Å². The van der Waals surface area contributed by atoms with Gasteiger partial charge < -0.3 is 20.1 Å². The summed E-state index contributed by atoms with van der Waals surface area (Å²) in [5, 5.41) is 32.1. The van der Waals surface area contributed by atoms with Gasteiger partial charge in [0.1, 0.15) is 11.5 Å². The van der Waals surface area contributed by atoms with Gasteiger partial charge in [0.25, 0.3) is 0 Å². The summed E-state index contributed by atoms with van der Waals surface area (Å²) in [7, 11) is 0. The Hall–Kier alpha value is -3.14. The summed E-state index contributed by atoms with van der Waals surface area (Å²) in [4.78, 5) is 0. The quantitative estimate of drug-likeness (QED) is 0.279. The summed E-state index contributed by atoms with van der Waals surface area (Å²) in [5.74, 6) is 1.17. The molecule has 35 heavy (non-hydrogen) atoms. The fraction of sp³-hybridized carbons (Fsp3) is 0.419. The first-order valence-corrected chi connectivity index (χ1v) is 12.8. The highest BCUT2D eigenvalue weighted by Gasteiger charge is 2.27. The van der Waals surface area contributed by atoms with Crippen LogP contribution in [-0.4, -0.2) is 21.9 Å². The Morgan fingerprint density at radius 3 is 1.63 bits per heavy atom. The largest absolute Gasteiger partial charge is 0.507 e. The summed E-state index contributed by atoms with van der Waals surface area (Å²) in [6.07, 6.45) is 3.47. The van der Waals surface area contributed by atoms with E-state index < -0.39 is 0 Å². The lowest BCUT2D eigenvalue weighted by atomic mass is 9.77. The average molecular weight is 477 g/mol. The Kier molecular flexibility index (Phi) is 8.37. The van der Waals surface area contributed by atoms with Crippen molar-refractivity contribution in [2.45, 2.75) is 80.1 Å². The van der Waals surface area contributed by atoms with Gasteiger partial charge in [-0.1, -0.05) is 44.9 Å². The number of hydrogen-bond acceptors (Lipinski definition) is 4. The normalized spacial score (nSPS) is 11.3. The molecule has 0 aromatic heterocycles. The van der Waals surface area contributed by atoms with Crippen LogP contribution >= 0.6 is 0 Å². The number of benzene rings is 3. The summed E-state index contributed by atoms with van der Waals surface area (Å²) >= 11 is 0.